The summed E-state index contributed by atoms with van der Waals surface area (Å²) in [6, 6.07) is 0. The van der Waals surface area contributed by atoms with Crippen LogP contribution in [0.15, 0.2) is 0 Å². The van der Waals surface area contributed by atoms with Gasteiger partial charge in [-0.25, -0.2) is 0 Å². The van der Waals surface area contributed by atoms with E-state index in [0.717, 1.165) is 25.7 Å². The monoisotopic (exact) mass is 220 g/mol. The Balaban J connectivity index is 2.69. The normalized spacial score (nSPS) is 29.4. The summed E-state index contributed by atoms with van der Waals surface area (Å²) in [5.74, 6) is 0.668. The van der Waals surface area contributed by atoms with Crippen molar-refractivity contribution < 1.29 is 13.0 Å². The molecule has 0 aromatic rings. The van der Waals surface area contributed by atoms with E-state index >= 15 is 0 Å². The van der Waals surface area contributed by atoms with Gasteiger partial charge in [-0.1, -0.05) is 26.7 Å². The summed E-state index contributed by atoms with van der Waals surface area (Å²) in [6.07, 6.45) is 4.52. The average Bonchev–Trinajstić information content (AvgIpc) is 2.01. The highest BCUT2D eigenvalue weighted by molar-refractivity contribution is 7.86. The van der Waals surface area contributed by atoms with E-state index in [1.807, 2.05) is 0 Å². The van der Waals surface area contributed by atoms with Crippen LogP contribution in [0.2, 0.25) is 0 Å². The molecule has 84 valence electrons. The van der Waals surface area contributed by atoms with Gasteiger partial charge in [0.2, 0.25) is 0 Å². The second-order valence-corrected chi connectivity index (χ2v) is 6.36. The van der Waals surface area contributed by atoms with Crippen LogP contribution >= 0.6 is 0 Å². The first kappa shape index (κ1) is 12.0. The Morgan fingerprint density at radius 1 is 1.29 bits per heavy atom. The first-order valence-electron chi connectivity index (χ1n) is 5.37. The lowest BCUT2D eigenvalue weighted by Gasteiger charge is -2.30. The average molecular weight is 220 g/mol. The highest BCUT2D eigenvalue weighted by Gasteiger charge is 2.34. The van der Waals surface area contributed by atoms with Gasteiger partial charge in [-0.15, -0.1) is 0 Å². The minimum Gasteiger partial charge on any atom is -0.285 e. The maximum Gasteiger partial charge on any atom is 0.268 e. The topological polar surface area (TPSA) is 54.4 Å². The van der Waals surface area contributed by atoms with Gasteiger partial charge in [-0.2, -0.15) is 8.42 Å². The molecule has 0 aromatic carbocycles. The molecular formula is C10H20O3S. The second-order valence-electron chi connectivity index (χ2n) is 4.73. The van der Waals surface area contributed by atoms with Crippen LogP contribution in [0, 0.1) is 11.8 Å². The van der Waals surface area contributed by atoms with Crippen molar-refractivity contribution in [2.45, 2.75) is 51.2 Å². The van der Waals surface area contributed by atoms with Crippen LogP contribution in [0.1, 0.15) is 46.0 Å². The number of hydrogen-bond acceptors (Lipinski definition) is 2. The summed E-state index contributed by atoms with van der Waals surface area (Å²) in [6.45, 7) is 4.19. The van der Waals surface area contributed by atoms with Crippen molar-refractivity contribution in [2.24, 2.45) is 11.8 Å². The van der Waals surface area contributed by atoms with E-state index in [4.69, 9.17) is 4.55 Å². The van der Waals surface area contributed by atoms with E-state index < -0.39 is 15.4 Å². The van der Waals surface area contributed by atoms with Gasteiger partial charge in [0.25, 0.3) is 10.1 Å². The molecule has 1 unspecified atom stereocenters. The summed E-state index contributed by atoms with van der Waals surface area (Å²) in [4.78, 5) is 0. The van der Waals surface area contributed by atoms with E-state index in [1.54, 1.807) is 0 Å². The molecule has 0 spiro atoms. The molecule has 1 aliphatic carbocycles. The Kier molecular flexibility index (Phi) is 3.95. The molecule has 1 aliphatic rings. The van der Waals surface area contributed by atoms with Gasteiger partial charge < -0.3 is 0 Å². The van der Waals surface area contributed by atoms with Gasteiger partial charge in [0.1, 0.15) is 0 Å². The highest BCUT2D eigenvalue weighted by Crippen LogP contribution is 2.33. The minimum absolute atomic E-state index is 0.166. The van der Waals surface area contributed by atoms with E-state index in [2.05, 4.69) is 13.8 Å². The molecule has 3 nitrogen and oxygen atoms in total. The van der Waals surface area contributed by atoms with Crippen LogP contribution < -0.4 is 0 Å². The van der Waals surface area contributed by atoms with Gasteiger partial charge in [0.15, 0.2) is 0 Å². The Hall–Kier alpha value is -0.0900. The standard InChI is InChI=1S/C10H20O3S/c1-8(2)7-9-5-3-4-6-10(9)14(11,12)13/h8-10H,3-7H2,1-2H3,(H,11,12,13)/t9-,10?/m1/s1. The van der Waals surface area contributed by atoms with Crippen LogP contribution in [-0.2, 0) is 10.1 Å². The fourth-order valence-electron chi connectivity index (χ4n) is 2.44. The highest BCUT2D eigenvalue weighted by atomic mass is 32.2. The lowest BCUT2D eigenvalue weighted by molar-refractivity contribution is 0.293. The Labute approximate surface area is 86.6 Å². The second kappa shape index (κ2) is 4.62. The first-order chi connectivity index (χ1) is 6.41. The van der Waals surface area contributed by atoms with E-state index in [9.17, 15) is 8.42 Å². The van der Waals surface area contributed by atoms with Crippen molar-refractivity contribution in [2.75, 3.05) is 0 Å². The summed E-state index contributed by atoms with van der Waals surface area (Å²) in [5, 5.41) is -0.501. The van der Waals surface area contributed by atoms with Gasteiger partial charge in [-0.05, 0) is 31.1 Å². The third-order valence-corrected chi connectivity index (χ3v) is 4.38. The maximum absolute atomic E-state index is 11.1. The molecule has 0 aromatic heterocycles. The summed E-state index contributed by atoms with van der Waals surface area (Å²) >= 11 is 0. The predicted molar refractivity (Wildman–Crippen MR) is 56.7 cm³/mol. The summed E-state index contributed by atoms with van der Waals surface area (Å²) in [7, 11) is -3.82. The molecule has 1 N–H and O–H groups in total. The molecule has 1 rings (SSSR count). The molecule has 0 radical (unpaired) electrons. The Bertz CT molecular complexity index is 269. The quantitative estimate of drug-likeness (QED) is 0.743. The first-order valence-corrected chi connectivity index (χ1v) is 6.88. The Morgan fingerprint density at radius 3 is 2.36 bits per heavy atom. The molecule has 2 atom stereocenters. The van der Waals surface area contributed by atoms with Crippen molar-refractivity contribution in [3.8, 4) is 0 Å². The third kappa shape index (κ3) is 3.24. The molecule has 0 bridgehead atoms. The van der Waals surface area contributed by atoms with E-state index in [0.29, 0.717) is 12.3 Å². The van der Waals surface area contributed by atoms with Crippen molar-refractivity contribution in [1.82, 2.24) is 0 Å². The van der Waals surface area contributed by atoms with E-state index in [1.165, 1.54) is 0 Å². The fourth-order valence-corrected chi connectivity index (χ4v) is 3.64. The molecule has 0 amide bonds. The van der Waals surface area contributed by atoms with Crippen LogP contribution in [-0.4, -0.2) is 18.2 Å². The molecule has 0 heterocycles. The largest absolute Gasteiger partial charge is 0.285 e. The smallest absolute Gasteiger partial charge is 0.268 e. The fraction of sp³-hybridized carbons (Fsp3) is 1.00. The van der Waals surface area contributed by atoms with Gasteiger partial charge in [0, 0.05) is 0 Å². The lowest BCUT2D eigenvalue weighted by atomic mass is 9.83. The summed E-state index contributed by atoms with van der Waals surface area (Å²) in [5.41, 5.74) is 0. The molecule has 4 heteroatoms. The molecule has 1 saturated carbocycles. The zero-order chi connectivity index (χ0) is 10.8. The number of hydrogen-bond donors (Lipinski definition) is 1. The molecule has 1 fully saturated rings. The van der Waals surface area contributed by atoms with Crippen molar-refractivity contribution in [3.63, 3.8) is 0 Å². The zero-order valence-corrected chi connectivity index (χ0v) is 9.76. The van der Waals surface area contributed by atoms with Crippen LogP contribution in [0.5, 0.6) is 0 Å². The van der Waals surface area contributed by atoms with Gasteiger partial charge in [0.05, 0.1) is 5.25 Å². The SMILES string of the molecule is CC(C)C[C@H]1CCCCC1S(=O)(=O)O. The molecule has 0 aliphatic heterocycles. The van der Waals surface area contributed by atoms with Crippen LogP contribution in [0.4, 0.5) is 0 Å². The lowest BCUT2D eigenvalue weighted by Crippen LogP contribution is -2.33. The zero-order valence-electron chi connectivity index (χ0n) is 8.94. The minimum atomic E-state index is -3.82. The van der Waals surface area contributed by atoms with E-state index in [-0.39, 0.29) is 5.92 Å². The Morgan fingerprint density at radius 2 is 1.86 bits per heavy atom. The molecule has 14 heavy (non-hydrogen) atoms. The molecule has 0 saturated heterocycles. The van der Waals surface area contributed by atoms with Crippen molar-refractivity contribution >= 4 is 10.1 Å². The van der Waals surface area contributed by atoms with Crippen molar-refractivity contribution in [1.29, 1.82) is 0 Å². The summed E-state index contributed by atoms with van der Waals surface area (Å²) < 4.78 is 31.4. The molecular weight excluding hydrogens is 200 g/mol. The van der Waals surface area contributed by atoms with Crippen LogP contribution in [0.3, 0.4) is 0 Å². The van der Waals surface area contributed by atoms with Gasteiger partial charge in [-0.3, -0.25) is 4.55 Å². The van der Waals surface area contributed by atoms with Crippen molar-refractivity contribution in [3.05, 3.63) is 0 Å². The third-order valence-electron chi connectivity index (χ3n) is 3.00. The van der Waals surface area contributed by atoms with Crippen LogP contribution in [0.25, 0.3) is 0 Å². The predicted octanol–water partition coefficient (Wildman–Crippen LogP) is 2.48. The maximum atomic E-state index is 11.1. The number of rotatable bonds is 3. The van der Waals surface area contributed by atoms with Gasteiger partial charge >= 0.3 is 0 Å².